The highest BCUT2D eigenvalue weighted by Crippen LogP contribution is 2.27. The van der Waals surface area contributed by atoms with Crippen LogP contribution in [0.15, 0.2) is 52.7 Å². The summed E-state index contributed by atoms with van der Waals surface area (Å²) < 4.78 is 0. The molecule has 0 amide bonds. The van der Waals surface area contributed by atoms with E-state index in [-0.39, 0.29) is 0 Å². The Morgan fingerprint density at radius 3 is 2.26 bits per heavy atom. The van der Waals surface area contributed by atoms with E-state index in [0.29, 0.717) is 11.4 Å². The molecule has 0 aliphatic rings. The van der Waals surface area contributed by atoms with Gasteiger partial charge in [0, 0.05) is 19.8 Å². The van der Waals surface area contributed by atoms with E-state index < -0.39 is 0 Å². The largest absolute Gasteiger partial charge is 0.397 e. The van der Waals surface area contributed by atoms with Gasteiger partial charge in [0.15, 0.2) is 0 Å². The van der Waals surface area contributed by atoms with E-state index in [1.165, 1.54) is 0 Å². The number of rotatable bonds is 3. The van der Waals surface area contributed by atoms with Gasteiger partial charge in [-0.3, -0.25) is 0 Å². The van der Waals surface area contributed by atoms with Crippen LogP contribution in [0.4, 0.5) is 22.7 Å². The summed E-state index contributed by atoms with van der Waals surface area (Å²) >= 11 is 0. The van der Waals surface area contributed by atoms with E-state index >= 15 is 0 Å². The standard InChI is InChI=1S/C15H18N4/c1-11-5-4-6-14(15(11)16)18-17-12-7-9-13(10-8-12)19(2)3/h4-10H,16H2,1-3H3. The van der Waals surface area contributed by atoms with Crippen LogP contribution in [-0.4, -0.2) is 14.1 Å². The maximum Gasteiger partial charge on any atom is 0.109 e. The van der Waals surface area contributed by atoms with Crippen LogP contribution in [0.2, 0.25) is 0 Å². The number of hydrogen-bond acceptors (Lipinski definition) is 4. The van der Waals surface area contributed by atoms with Crippen molar-refractivity contribution in [1.29, 1.82) is 0 Å². The smallest absolute Gasteiger partial charge is 0.109 e. The molecule has 0 heterocycles. The molecule has 2 aromatic rings. The highest BCUT2D eigenvalue weighted by atomic mass is 15.1. The monoisotopic (exact) mass is 254 g/mol. The van der Waals surface area contributed by atoms with Gasteiger partial charge in [-0.05, 0) is 42.8 Å². The molecule has 0 aliphatic carbocycles. The maximum atomic E-state index is 5.95. The summed E-state index contributed by atoms with van der Waals surface area (Å²) in [5.74, 6) is 0. The number of aryl methyl sites for hydroxylation is 1. The van der Waals surface area contributed by atoms with Crippen molar-refractivity contribution in [3.63, 3.8) is 0 Å². The lowest BCUT2D eigenvalue weighted by Crippen LogP contribution is -2.07. The van der Waals surface area contributed by atoms with E-state index in [2.05, 4.69) is 10.2 Å². The highest BCUT2D eigenvalue weighted by molar-refractivity contribution is 5.66. The molecule has 2 aromatic carbocycles. The Labute approximate surface area is 113 Å². The fourth-order valence-electron chi connectivity index (χ4n) is 1.68. The summed E-state index contributed by atoms with van der Waals surface area (Å²) in [6, 6.07) is 13.6. The average Bonchev–Trinajstić information content (AvgIpc) is 2.41. The first-order valence-corrected chi connectivity index (χ1v) is 6.12. The molecule has 0 saturated carbocycles. The lowest BCUT2D eigenvalue weighted by atomic mass is 10.2. The highest BCUT2D eigenvalue weighted by Gasteiger charge is 2.00. The van der Waals surface area contributed by atoms with Crippen LogP contribution in [0.25, 0.3) is 0 Å². The first kappa shape index (κ1) is 13.1. The molecule has 0 atom stereocenters. The van der Waals surface area contributed by atoms with E-state index in [4.69, 9.17) is 5.73 Å². The lowest BCUT2D eigenvalue weighted by Gasteiger charge is -2.11. The van der Waals surface area contributed by atoms with Gasteiger partial charge in [0.2, 0.25) is 0 Å². The van der Waals surface area contributed by atoms with Crippen LogP contribution in [0.3, 0.4) is 0 Å². The van der Waals surface area contributed by atoms with Crippen molar-refractivity contribution < 1.29 is 0 Å². The summed E-state index contributed by atoms with van der Waals surface area (Å²) in [7, 11) is 4.01. The van der Waals surface area contributed by atoms with Crippen molar-refractivity contribution in [3.8, 4) is 0 Å². The van der Waals surface area contributed by atoms with Crippen molar-refractivity contribution in [2.45, 2.75) is 6.92 Å². The Morgan fingerprint density at radius 2 is 1.63 bits per heavy atom. The molecule has 0 fully saturated rings. The third-order valence-corrected chi connectivity index (χ3v) is 2.94. The van der Waals surface area contributed by atoms with Gasteiger partial charge in [-0.25, -0.2) is 0 Å². The summed E-state index contributed by atoms with van der Waals surface area (Å²) in [4.78, 5) is 2.04. The van der Waals surface area contributed by atoms with Crippen molar-refractivity contribution in [2.75, 3.05) is 24.7 Å². The minimum absolute atomic E-state index is 0.677. The number of benzene rings is 2. The molecule has 2 rings (SSSR count). The minimum atomic E-state index is 0.677. The van der Waals surface area contributed by atoms with Crippen molar-refractivity contribution in [1.82, 2.24) is 0 Å². The van der Waals surface area contributed by atoms with Crippen LogP contribution in [0.5, 0.6) is 0 Å². The fourth-order valence-corrected chi connectivity index (χ4v) is 1.68. The Hall–Kier alpha value is -2.36. The maximum absolute atomic E-state index is 5.95. The van der Waals surface area contributed by atoms with E-state index in [1.54, 1.807) is 0 Å². The molecule has 98 valence electrons. The molecule has 2 N–H and O–H groups in total. The Balaban J connectivity index is 2.20. The second-order valence-corrected chi connectivity index (χ2v) is 4.62. The Kier molecular flexibility index (Phi) is 3.80. The predicted molar refractivity (Wildman–Crippen MR) is 80.5 cm³/mol. The SMILES string of the molecule is Cc1cccc(N=Nc2ccc(N(C)C)cc2)c1N. The van der Waals surface area contributed by atoms with Gasteiger partial charge >= 0.3 is 0 Å². The Bertz CT molecular complexity index is 586. The van der Waals surface area contributed by atoms with Crippen LogP contribution >= 0.6 is 0 Å². The molecular weight excluding hydrogens is 236 g/mol. The summed E-state index contributed by atoms with van der Waals surface area (Å²) in [5.41, 5.74) is 10.3. The van der Waals surface area contributed by atoms with Gasteiger partial charge in [-0.1, -0.05) is 12.1 Å². The molecule has 0 spiro atoms. The second kappa shape index (κ2) is 5.52. The van der Waals surface area contributed by atoms with Gasteiger partial charge in [0.25, 0.3) is 0 Å². The predicted octanol–water partition coefficient (Wildman–Crippen LogP) is 4.06. The van der Waals surface area contributed by atoms with Crippen LogP contribution < -0.4 is 10.6 Å². The van der Waals surface area contributed by atoms with Crippen LogP contribution in [0.1, 0.15) is 5.56 Å². The second-order valence-electron chi connectivity index (χ2n) is 4.62. The minimum Gasteiger partial charge on any atom is -0.397 e. The normalized spacial score (nSPS) is 10.9. The van der Waals surface area contributed by atoms with Crippen molar-refractivity contribution >= 4 is 22.7 Å². The lowest BCUT2D eigenvalue weighted by molar-refractivity contribution is 1.13. The van der Waals surface area contributed by atoms with E-state index in [9.17, 15) is 0 Å². The number of para-hydroxylation sites is 1. The van der Waals surface area contributed by atoms with E-state index in [1.807, 2.05) is 68.4 Å². The summed E-state index contributed by atoms with van der Waals surface area (Å²) in [6.07, 6.45) is 0. The molecule has 0 radical (unpaired) electrons. The molecule has 0 aliphatic heterocycles. The zero-order chi connectivity index (χ0) is 13.8. The zero-order valence-electron chi connectivity index (χ0n) is 11.5. The van der Waals surface area contributed by atoms with Crippen molar-refractivity contribution in [3.05, 3.63) is 48.0 Å². The molecule has 0 aromatic heterocycles. The van der Waals surface area contributed by atoms with Gasteiger partial charge in [-0.15, -0.1) is 5.11 Å². The van der Waals surface area contributed by atoms with Gasteiger partial charge < -0.3 is 10.6 Å². The first-order valence-electron chi connectivity index (χ1n) is 6.12. The van der Waals surface area contributed by atoms with Gasteiger partial charge in [0.05, 0.1) is 11.4 Å². The van der Waals surface area contributed by atoms with E-state index in [0.717, 1.165) is 16.9 Å². The Morgan fingerprint density at radius 1 is 0.947 bits per heavy atom. The topological polar surface area (TPSA) is 54.0 Å². The third kappa shape index (κ3) is 3.10. The quantitative estimate of drug-likeness (QED) is 0.663. The molecular formula is C15H18N4. The number of hydrogen-bond donors (Lipinski definition) is 1. The fraction of sp³-hybridized carbons (Fsp3) is 0.200. The number of azo groups is 1. The molecule has 0 saturated heterocycles. The molecule has 4 nitrogen and oxygen atoms in total. The van der Waals surface area contributed by atoms with Crippen LogP contribution in [-0.2, 0) is 0 Å². The number of nitrogens with zero attached hydrogens (tertiary/aromatic N) is 3. The average molecular weight is 254 g/mol. The van der Waals surface area contributed by atoms with Gasteiger partial charge in [-0.2, -0.15) is 5.11 Å². The third-order valence-electron chi connectivity index (χ3n) is 2.94. The van der Waals surface area contributed by atoms with Gasteiger partial charge in [0.1, 0.15) is 5.69 Å². The molecule has 19 heavy (non-hydrogen) atoms. The molecule has 0 unspecified atom stereocenters. The zero-order valence-corrected chi connectivity index (χ0v) is 11.5. The number of nitrogen functional groups attached to an aromatic ring is 1. The number of anilines is 2. The molecule has 4 heteroatoms. The number of nitrogens with two attached hydrogens (primary N) is 1. The first-order chi connectivity index (χ1) is 9.08. The van der Waals surface area contributed by atoms with Crippen molar-refractivity contribution in [2.24, 2.45) is 10.2 Å². The van der Waals surface area contributed by atoms with Crippen LogP contribution in [0, 0.1) is 6.92 Å². The molecule has 0 bridgehead atoms. The summed E-state index contributed by atoms with van der Waals surface area (Å²) in [5, 5.41) is 8.40. The summed E-state index contributed by atoms with van der Waals surface area (Å²) in [6.45, 7) is 1.96.